The summed E-state index contributed by atoms with van der Waals surface area (Å²) >= 11 is 0. The van der Waals surface area contributed by atoms with E-state index in [-0.39, 0.29) is 5.76 Å². The van der Waals surface area contributed by atoms with E-state index in [1.807, 2.05) is 0 Å². The molecule has 22 heavy (non-hydrogen) atoms. The average Bonchev–Trinajstić information content (AvgIpc) is 3.08. The first kappa shape index (κ1) is 15.4. The number of hydrazone groups is 1. The minimum Gasteiger partial charge on any atom is -0.496 e. The van der Waals surface area contributed by atoms with E-state index in [1.54, 1.807) is 18.2 Å². The van der Waals surface area contributed by atoms with Crippen molar-refractivity contribution in [2.45, 2.75) is 0 Å². The molecule has 0 aliphatic rings. The number of carbonyl (C=O) groups excluding carboxylic acids is 1. The highest BCUT2D eigenvalue weighted by atomic mass is 16.5. The summed E-state index contributed by atoms with van der Waals surface area (Å²) in [5, 5.41) is 3.89. The predicted octanol–water partition coefficient (Wildman–Crippen LogP) is 2.07. The van der Waals surface area contributed by atoms with Crippen LogP contribution < -0.4 is 19.6 Å². The molecule has 0 saturated carbocycles. The third kappa shape index (κ3) is 3.20. The van der Waals surface area contributed by atoms with Gasteiger partial charge in [-0.15, -0.1) is 0 Å². The molecule has 0 aliphatic heterocycles. The SMILES string of the molecule is COc1ccc(OC)c(OC)c1/C=N/NC(=O)c1ccco1. The third-order valence-electron chi connectivity index (χ3n) is 2.87. The van der Waals surface area contributed by atoms with Gasteiger partial charge < -0.3 is 18.6 Å². The minimum atomic E-state index is -0.456. The summed E-state index contributed by atoms with van der Waals surface area (Å²) in [6.07, 6.45) is 2.83. The van der Waals surface area contributed by atoms with Crippen molar-refractivity contribution in [2.24, 2.45) is 5.10 Å². The standard InChI is InChI=1S/C15H16N2O5/c1-19-11-6-7-12(20-2)14(21-3)10(11)9-16-17-15(18)13-5-4-8-22-13/h4-9H,1-3H3,(H,17,18)/b16-9+. The lowest BCUT2D eigenvalue weighted by atomic mass is 10.1. The first-order valence-electron chi connectivity index (χ1n) is 6.37. The van der Waals surface area contributed by atoms with Crippen LogP contribution in [0.4, 0.5) is 0 Å². The molecule has 0 atom stereocenters. The first-order chi connectivity index (χ1) is 10.7. The molecule has 0 aliphatic carbocycles. The zero-order chi connectivity index (χ0) is 15.9. The fourth-order valence-electron chi connectivity index (χ4n) is 1.85. The molecule has 1 N–H and O–H groups in total. The number of benzene rings is 1. The van der Waals surface area contributed by atoms with Gasteiger partial charge in [-0.25, -0.2) is 5.43 Å². The Hall–Kier alpha value is -2.96. The quantitative estimate of drug-likeness (QED) is 0.652. The highest BCUT2D eigenvalue weighted by Gasteiger charge is 2.14. The maximum absolute atomic E-state index is 11.7. The van der Waals surface area contributed by atoms with E-state index in [2.05, 4.69) is 10.5 Å². The molecule has 0 fully saturated rings. The van der Waals surface area contributed by atoms with Crippen molar-refractivity contribution in [2.75, 3.05) is 21.3 Å². The number of nitrogens with one attached hydrogen (secondary N) is 1. The number of hydrogen-bond acceptors (Lipinski definition) is 6. The topological polar surface area (TPSA) is 82.3 Å². The molecule has 0 spiro atoms. The fourth-order valence-corrected chi connectivity index (χ4v) is 1.85. The van der Waals surface area contributed by atoms with Crippen LogP contribution in [0.5, 0.6) is 17.2 Å². The summed E-state index contributed by atoms with van der Waals surface area (Å²) in [6.45, 7) is 0. The summed E-state index contributed by atoms with van der Waals surface area (Å²) in [5.41, 5.74) is 2.90. The largest absolute Gasteiger partial charge is 0.496 e. The highest BCUT2D eigenvalue weighted by Crippen LogP contribution is 2.35. The van der Waals surface area contributed by atoms with Gasteiger partial charge in [-0.2, -0.15) is 5.10 Å². The van der Waals surface area contributed by atoms with Crippen molar-refractivity contribution in [1.29, 1.82) is 0 Å². The van der Waals surface area contributed by atoms with Crippen molar-refractivity contribution in [3.63, 3.8) is 0 Å². The van der Waals surface area contributed by atoms with Gasteiger partial charge in [-0.05, 0) is 24.3 Å². The molecule has 0 unspecified atom stereocenters. The van der Waals surface area contributed by atoms with Gasteiger partial charge in [0.05, 0.1) is 39.4 Å². The summed E-state index contributed by atoms with van der Waals surface area (Å²) in [4.78, 5) is 11.7. The summed E-state index contributed by atoms with van der Waals surface area (Å²) in [5.74, 6) is 1.23. The summed E-state index contributed by atoms with van der Waals surface area (Å²) in [7, 11) is 4.57. The normalized spacial score (nSPS) is 10.5. The van der Waals surface area contributed by atoms with E-state index in [0.717, 1.165) is 0 Å². The van der Waals surface area contributed by atoms with Gasteiger partial charge in [0.25, 0.3) is 0 Å². The Morgan fingerprint density at radius 3 is 2.45 bits per heavy atom. The molecule has 0 bridgehead atoms. The second-order valence-electron chi connectivity index (χ2n) is 4.09. The molecule has 0 radical (unpaired) electrons. The number of hydrogen-bond donors (Lipinski definition) is 1. The molecule has 1 aromatic heterocycles. The maximum Gasteiger partial charge on any atom is 0.307 e. The Balaban J connectivity index is 2.23. The highest BCUT2D eigenvalue weighted by molar-refractivity contribution is 5.93. The molecule has 116 valence electrons. The lowest BCUT2D eigenvalue weighted by molar-refractivity contribution is 0.0927. The van der Waals surface area contributed by atoms with Gasteiger partial charge in [-0.3, -0.25) is 4.79 Å². The van der Waals surface area contributed by atoms with Gasteiger partial charge in [-0.1, -0.05) is 0 Å². The van der Waals surface area contributed by atoms with E-state index in [0.29, 0.717) is 22.8 Å². The molecule has 2 aromatic rings. The van der Waals surface area contributed by atoms with Crippen LogP contribution in [0.1, 0.15) is 16.1 Å². The van der Waals surface area contributed by atoms with Crippen LogP contribution in [-0.4, -0.2) is 33.5 Å². The van der Waals surface area contributed by atoms with Gasteiger partial charge >= 0.3 is 5.91 Å². The molecular weight excluding hydrogens is 288 g/mol. The van der Waals surface area contributed by atoms with Crippen LogP contribution in [0, 0.1) is 0 Å². The van der Waals surface area contributed by atoms with Gasteiger partial charge in [0.15, 0.2) is 17.3 Å². The zero-order valence-electron chi connectivity index (χ0n) is 12.5. The molecule has 7 nitrogen and oxygen atoms in total. The Morgan fingerprint density at radius 1 is 1.14 bits per heavy atom. The number of carbonyl (C=O) groups is 1. The van der Waals surface area contributed by atoms with E-state index < -0.39 is 5.91 Å². The zero-order valence-corrected chi connectivity index (χ0v) is 12.5. The molecule has 2 rings (SSSR count). The second-order valence-corrected chi connectivity index (χ2v) is 4.09. The van der Waals surface area contributed by atoms with Crippen molar-refractivity contribution in [1.82, 2.24) is 5.43 Å². The number of methoxy groups -OCH3 is 3. The van der Waals surface area contributed by atoms with E-state index in [1.165, 1.54) is 39.9 Å². The van der Waals surface area contributed by atoms with E-state index >= 15 is 0 Å². The van der Waals surface area contributed by atoms with Crippen molar-refractivity contribution < 1.29 is 23.4 Å². The first-order valence-corrected chi connectivity index (χ1v) is 6.37. The van der Waals surface area contributed by atoms with Gasteiger partial charge in [0.1, 0.15) is 5.75 Å². The number of furan rings is 1. The molecule has 0 saturated heterocycles. The Kier molecular flexibility index (Phi) is 5.02. The Morgan fingerprint density at radius 2 is 1.86 bits per heavy atom. The molecule has 1 heterocycles. The minimum absolute atomic E-state index is 0.168. The van der Waals surface area contributed by atoms with E-state index in [9.17, 15) is 4.79 Å². The van der Waals surface area contributed by atoms with Crippen LogP contribution in [0.3, 0.4) is 0 Å². The second kappa shape index (κ2) is 7.16. The van der Waals surface area contributed by atoms with Crippen LogP contribution >= 0.6 is 0 Å². The van der Waals surface area contributed by atoms with Crippen LogP contribution in [0.2, 0.25) is 0 Å². The monoisotopic (exact) mass is 304 g/mol. The smallest absolute Gasteiger partial charge is 0.307 e. The van der Waals surface area contributed by atoms with E-state index in [4.69, 9.17) is 18.6 Å². The average molecular weight is 304 g/mol. The lowest BCUT2D eigenvalue weighted by Crippen LogP contribution is -2.16. The third-order valence-corrected chi connectivity index (χ3v) is 2.87. The van der Waals surface area contributed by atoms with Crippen molar-refractivity contribution >= 4 is 12.1 Å². The number of nitrogens with zero attached hydrogens (tertiary/aromatic N) is 1. The Bertz CT molecular complexity index is 665. The van der Waals surface area contributed by atoms with Gasteiger partial charge in [0, 0.05) is 0 Å². The molecular formula is C15H16N2O5. The predicted molar refractivity (Wildman–Crippen MR) is 79.9 cm³/mol. The molecule has 1 amide bonds. The van der Waals surface area contributed by atoms with Crippen molar-refractivity contribution in [3.8, 4) is 17.2 Å². The van der Waals surface area contributed by atoms with Crippen LogP contribution in [-0.2, 0) is 0 Å². The number of amides is 1. The van der Waals surface area contributed by atoms with Gasteiger partial charge in [0.2, 0.25) is 0 Å². The number of rotatable bonds is 6. The lowest BCUT2D eigenvalue weighted by Gasteiger charge is -2.13. The van der Waals surface area contributed by atoms with Crippen LogP contribution in [0.15, 0.2) is 40.0 Å². The molecule has 7 heteroatoms. The maximum atomic E-state index is 11.7. The fraction of sp³-hybridized carbons (Fsp3) is 0.200. The Labute approximate surface area is 127 Å². The van der Waals surface area contributed by atoms with Crippen molar-refractivity contribution in [3.05, 3.63) is 41.9 Å². The summed E-state index contributed by atoms with van der Waals surface area (Å²) in [6, 6.07) is 6.60. The number of ether oxygens (including phenoxy) is 3. The van der Waals surface area contributed by atoms with Crippen LogP contribution in [0.25, 0.3) is 0 Å². The molecule has 1 aromatic carbocycles. The summed E-state index contributed by atoms with van der Waals surface area (Å²) < 4.78 is 20.8.